The molecule has 0 saturated carbocycles. The van der Waals surface area contributed by atoms with E-state index in [-0.39, 0.29) is 0 Å². The molecule has 0 rings (SSSR count). The fraction of sp³-hybridized carbons (Fsp3) is 0. The average molecular weight is 136 g/mol. The normalized spacial score (nSPS) is 6.44. The van der Waals surface area contributed by atoms with Crippen molar-refractivity contribution in [1.82, 2.24) is 5.43 Å². The number of hydrogen-bond donors (Lipinski definition) is 4. The molecule has 9 heavy (non-hydrogen) atoms. The highest BCUT2D eigenvalue weighted by atomic mass is 16.4. The van der Waals surface area contributed by atoms with Crippen LogP contribution in [0, 0.1) is 0 Å². The molecule has 0 bridgehead atoms. The Bertz CT molecular complexity index is 98.0. The monoisotopic (exact) mass is 136 g/mol. The molecule has 0 aliphatic carbocycles. The Kier molecular flexibility index (Phi) is 7.85. The summed E-state index contributed by atoms with van der Waals surface area (Å²) < 4.78 is 0. The lowest BCUT2D eigenvalue weighted by atomic mass is 11.2. The van der Waals surface area contributed by atoms with Gasteiger partial charge in [0.25, 0.3) is 0 Å². The predicted molar refractivity (Wildman–Crippen MR) is 25.2 cm³/mol. The first kappa shape index (κ1) is 10.6. The van der Waals surface area contributed by atoms with Gasteiger partial charge in [0, 0.05) is 0 Å². The molecule has 0 aromatic carbocycles. The topological polar surface area (TPSA) is 149 Å². The maximum Gasteiger partial charge on any atom is 0.425 e. The predicted octanol–water partition coefficient (Wildman–Crippen LogP) is -3.90. The Morgan fingerprint density at radius 2 is 1.67 bits per heavy atom. The van der Waals surface area contributed by atoms with E-state index in [2.05, 4.69) is 17.3 Å². The summed E-state index contributed by atoms with van der Waals surface area (Å²) in [5.74, 6) is 4.51. The van der Waals surface area contributed by atoms with Gasteiger partial charge in [-0.3, -0.25) is 5.73 Å². The number of nitrogens with two attached hydrogens (primary N) is 2. The summed E-state index contributed by atoms with van der Waals surface area (Å²) in [6.45, 7) is 0. The third-order valence-corrected chi connectivity index (χ3v) is 0.161. The molecule has 0 unspecified atom stereocenters. The van der Waals surface area contributed by atoms with E-state index >= 15 is 0 Å². The van der Waals surface area contributed by atoms with Crippen LogP contribution in [0.4, 0.5) is 9.59 Å². The molecule has 0 heterocycles. The van der Waals surface area contributed by atoms with Crippen molar-refractivity contribution >= 4 is 12.1 Å². The van der Waals surface area contributed by atoms with Crippen molar-refractivity contribution in [1.29, 1.82) is 0 Å². The minimum atomic E-state index is -1.58. The molecule has 0 aliphatic rings. The fourth-order valence-corrected chi connectivity index (χ4v) is 0. The van der Waals surface area contributed by atoms with Gasteiger partial charge in [-0.25, -0.2) is 16.1 Å². The Morgan fingerprint density at radius 1 is 1.56 bits per heavy atom. The van der Waals surface area contributed by atoms with Gasteiger partial charge in [0.05, 0.1) is 0 Å². The van der Waals surface area contributed by atoms with Crippen LogP contribution in [0.2, 0.25) is 0 Å². The molecule has 0 atom stereocenters. The first-order valence-electron chi connectivity index (χ1n) is 1.79. The van der Waals surface area contributed by atoms with E-state index in [4.69, 9.17) is 9.90 Å². The van der Waals surface area contributed by atoms with E-state index in [1.54, 1.807) is 5.43 Å². The van der Waals surface area contributed by atoms with Crippen molar-refractivity contribution in [3.63, 3.8) is 0 Å². The van der Waals surface area contributed by atoms with E-state index in [1.165, 1.54) is 0 Å². The van der Waals surface area contributed by atoms with Crippen molar-refractivity contribution in [2.75, 3.05) is 0 Å². The van der Waals surface area contributed by atoms with Crippen molar-refractivity contribution in [2.24, 2.45) is 11.6 Å². The van der Waals surface area contributed by atoms with Gasteiger partial charge in [0.2, 0.25) is 0 Å². The number of rotatable bonds is 0. The summed E-state index contributed by atoms with van der Waals surface area (Å²) in [6.07, 6.45) is -1.58. The van der Waals surface area contributed by atoms with E-state index in [0.29, 0.717) is 0 Å². The molecule has 7 nitrogen and oxygen atoms in total. The molecule has 54 valence electrons. The van der Waals surface area contributed by atoms with Gasteiger partial charge < -0.3 is 15.6 Å². The van der Waals surface area contributed by atoms with Crippen LogP contribution in [0.1, 0.15) is 0 Å². The van der Waals surface area contributed by atoms with Crippen molar-refractivity contribution in [2.45, 2.75) is 0 Å². The third kappa shape index (κ3) is 332. The number of carbonyl (C=O) groups is 2. The smallest absolute Gasteiger partial charge is 0.425 e. The molecule has 0 aromatic heterocycles. The van der Waals surface area contributed by atoms with Crippen molar-refractivity contribution in [3.8, 4) is 0 Å². The fourth-order valence-electron chi connectivity index (χ4n) is 0. The Hall–Kier alpha value is -1.34. The van der Waals surface area contributed by atoms with E-state index in [0.717, 1.165) is 0 Å². The number of carbonyl (C=O) groups excluding carboxylic acids is 2. The lowest BCUT2D eigenvalue weighted by Crippen LogP contribution is -2.64. The molecule has 8 N–H and O–H groups in total. The van der Waals surface area contributed by atoms with Crippen LogP contribution in [0.5, 0.6) is 0 Å². The summed E-state index contributed by atoms with van der Waals surface area (Å²) in [4.78, 5) is 18.1. The number of hydrogen-bond acceptors (Lipinski definition) is 4. The Balaban J connectivity index is 0. The molecular weight excluding hydrogens is 128 g/mol. The number of amides is 3. The van der Waals surface area contributed by atoms with Crippen LogP contribution in [0.25, 0.3) is 0 Å². The zero-order valence-corrected chi connectivity index (χ0v) is 4.59. The number of hydrazine groups is 1. The zero-order valence-electron chi connectivity index (χ0n) is 4.59. The van der Waals surface area contributed by atoms with Gasteiger partial charge in [-0.15, -0.1) is 0 Å². The highest BCUT2D eigenvalue weighted by Gasteiger charge is 1.80. The first-order valence-corrected chi connectivity index (χ1v) is 1.79. The summed E-state index contributed by atoms with van der Waals surface area (Å²) in [6, 6.07) is -0.468. The molecule has 0 aromatic rings. The molecule has 0 fully saturated rings. The maximum atomic E-state index is 9.47. The first-order chi connectivity index (χ1) is 4.00. The second kappa shape index (κ2) is 6.66. The summed E-state index contributed by atoms with van der Waals surface area (Å²) in [5.41, 5.74) is 8.58. The van der Waals surface area contributed by atoms with Crippen LogP contribution < -0.4 is 27.8 Å². The molecule has 3 amide bonds. The SMILES string of the molecule is NC(=O)[O-].NNC([NH3+])=O. The minimum absolute atomic E-state index is 0.468. The second-order valence-electron chi connectivity index (χ2n) is 0.887. The van der Waals surface area contributed by atoms with Crippen LogP contribution in [0.15, 0.2) is 0 Å². The van der Waals surface area contributed by atoms with E-state index in [1.807, 2.05) is 0 Å². The second-order valence-corrected chi connectivity index (χ2v) is 0.887. The molecule has 0 radical (unpaired) electrons. The van der Waals surface area contributed by atoms with Gasteiger partial charge >= 0.3 is 6.03 Å². The molecule has 7 heteroatoms. The molecular formula is C2H8N4O3. The largest absolute Gasteiger partial charge is 0.530 e. The van der Waals surface area contributed by atoms with Crippen LogP contribution in [-0.4, -0.2) is 12.1 Å². The van der Waals surface area contributed by atoms with Crippen molar-refractivity contribution < 1.29 is 20.4 Å². The Labute approximate surface area is 50.8 Å². The van der Waals surface area contributed by atoms with Gasteiger partial charge in [0.1, 0.15) is 6.09 Å². The molecule has 0 saturated heterocycles. The standard InChI is InChI=1S/CH5N3O.CH3NO2/c2-1(5)4-3;2-1(3)4/h3H2,(H3,2,4,5);2H2,(H,3,4). The third-order valence-electron chi connectivity index (χ3n) is 0.161. The molecule has 0 aliphatic heterocycles. The van der Waals surface area contributed by atoms with E-state index < -0.39 is 12.1 Å². The molecule has 0 spiro atoms. The number of urea groups is 1. The average Bonchev–Trinajstić information content (AvgIpc) is 1.65. The number of quaternary nitrogens is 1. The lowest BCUT2D eigenvalue weighted by molar-refractivity contribution is -0.251. The van der Waals surface area contributed by atoms with E-state index in [9.17, 15) is 4.79 Å². The summed E-state index contributed by atoms with van der Waals surface area (Å²) >= 11 is 0. The van der Waals surface area contributed by atoms with Gasteiger partial charge in [-0.05, 0) is 0 Å². The quantitative estimate of drug-likeness (QED) is 0.153. The van der Waals surface area contributed by atoms with Gasteiger partial charge in [-0.1, -0.05) is 0 Å². The number of carboxylic acid groups (broad SMARTS) is 1. The highest BCUT2D eigenvalue weighted by molar-refractivity contribution is 5.60. The summed E-state index contributed by atoms with van der Waals surface area (Å²) in [5, 5.41) is 8.67. The summed E-state index contributed by atoms with van der Waals surface area (Å²) in [7, 11) is 0. The number of primary amides is 1. The highest BCUT2D eigenvalue weighted by Crippen LogP contribution is 1.29. The van der Waals surface area contributed by atoms with Gasteiger partial charge in [-0.2, -0.15) is 0 Å². The van der Waals surface area contributed by atoms with Crippen LogP contribution >= 0.6 is 0 Å². The Morgan fingerprint density at radius 3 is 1.67 bits per heavy atom. The maximum absolute atomic E-state index is 9.47. The van der Waals surface area contributed by atoms with Crippen molar-refractivity contribution in [3.05, 3.63) is 0 Å². The lowest BCUT2D eigenvalue weighted by Gasteiger charge is -1.78. The van der Waals surface area contributed by atoms with Gasteiger partial charge in [0.15, 0.2) is 0 Å². The van der Waals surface area contributed by atoms with Crippen LogP contribution in [0.3, 0.4) is 0 Å². The zero-order chi connectivity index (χ0) is 7.86. The van der Waals surface area contributed by atoms with Crippen LogP contribution in [-0.2, 0) is 0 Å². The number of nitrogens with one attached hydrogen (secondary N) is 1. The minimum Gasteiger partial charge on any atom is -0.530 e.